The minimum atomic E-state index is -0.131. The first-order chi connectivity index (χ1) is 13.2. The third-order valence-corrected chi connectivity index (χ3v) is 5.45. The lowest BCUT2D eigenvalue weighted by molar-refractivity contribution is 0.230. The maximum Gasteiger partial charge on any atom is 0.315 e. The number of nitrogens with zero attached hydrogens (tertiary/aromatic N) is 2. The van der Waals surface area contributed by atoms with Crippen molar-refractivity contribution in [2.45, 2.75) is 44.2 Å². The first-order valence-electron chi connectivity index (χ1n) is 9.40. The van der Waals surface area contributed by atoms with Crippen LogP contribution in [0.25, 0.3) is 5.65 Å². The minimum Gasteiger partial charge on any atom is -0.335 e. The van der Waals surface area contributed by atoms with Crippen LogP contribution in [0.1, 0.15) is 42.9 Å². The highest BCUT2D eigenvalue weighted by atomic mass is 35.5. The van der Waals surface area contributed by atoms with Crippen LogP contribution in [0.3, 0.4) is 0 Å². The Bertz CT molecular complexity index is 916. The van der Waals surface area contributed by atoms with Gasteiger partial charge in [-0.2, -0.15) is 0 Å². The molecule has 0 aliphatic heterocycles. The molecule has 2 heterocycles. The minimum absolute atomic E-state index is 0.131. The molecule has 0 radical (unpaired) electrons. The maximum atomic E-state index is 12.2. The van der Waals surface area contributed by atoms with Gasteiger partial charge in [0.1, 0.15) is 5.65 Å². The van der Waals surface area contributed by atoms with E-state index < -0.39 is 0 Å². The molecular weight excluding hydrogens is 360 g/mol. The van der Waals surface area contributed by atoms with Crippen LogP contribution in [-0.2, 0) is 6.54 Å². The summed E-state index contributed by atoms with van der Waals surface area (Å²) in [6.07, 6.45) is 7.94. The molecule has 4 rings (SSSR count). The fourth-order valence-electron chi connectivity index (χ4n) is 3.81. The average molecular weight is 383 g/mol. The van der Waals surface area contributed by atoms with Gasteiger partial charge in [-0.3, -0.25) is 0 Å². The molecule has 1 saturated carbocycles. The molecule has 2 amide bonds. The molecule has 0 atom stereocenters. The van der Waals surface area contributed by atoms with E-state index in [2.05, 4.69) is 45.9 Å². The van der Waals surface area contributed by atoms with Gasteiger partial charge in [-0.15, -0.1) is 0 Å². The Kier molecular flexibility index (Phi) is 5.30. The van der Waals surface area contributed by atoms with Crippen LogP contribution in [0, 0.1) is 0 Å². The zero-order chi connectivity index (χ0) is 18.6. The SMILES string of the molecule is O=C(NCc1cn2cc(Cl)ccc2n1)NC1CCC(c2ccccc2)CC1. The van der Waals surface area contributed by atoms with Gasteiger partial charge in [-0.05, 0) is 49.3 Å². The normalized spacial score (nSPS) is 19.7. The van der Waals surface area contributed by atoms with Gasteiger partial charge in [-0.25, -0.2) is 9.78 Å². The van der Waals surface area contributed by atoms with Gasteiger partial charge in [0.25, 0.3) is 0 Å². The van der Waals surface area contributed by atoms with E-state index in [9.17, 15) is 4.79 Å². The number of imidazole rings is 1. The average Bonchev–Trinajstić information content (AvgIpc) is 3.10. The Morgan fingerprint density at radius 2 is 1.85 bits per heavy atom. The summed E-state index contributed by atoms with van der Waals surface area (Å²) in [6, 6.07) is 14.4. The molecule has 5 nitrogen and oxygen atoms in total. The van der Waals surface area contributed by atoms with Gasteiger partial charge < -0.3 is 15.0 Å². The second kappa shape index (κ2) is 8.01. The van der Waals surface area contributed by atoms with E-state index in [0.717, 1.165) is 37.0 Å². The smallest absolute Gasteiger partial charge is 0.315 e. The predicted molar refractivity (Wildman–Crippen MR) is 107 cm³/mol. The standard InChI is InChI=1S/C21H23ClN4O/c22-17-8-11-20-24-19(14-26(20)13-17)12-23-21(27)25-18-9-6-16(7-10-18)15-4-2-1-3-5-15/h1-5,8,11,13-14,16,18H,6-7,9-10,12H2,(H2,23,25,27). The van der Waals surface area contributed by atoms with E-state index in [1.165, 1.54) is 5.56 Å². The van der Waals surface area contributed by atoms with Crippen molar-refractivity contribution in [1.29, 1.82) is 0 Å². The number of aromatic nitrogens is 2. The van der Waals surface area contributed by atoms with Crippen LogP contribution < -0.4 is 10.6 Å². The number of hydrogen-bond donors (Lipinski definition) is 2. The quantitative estimate of drug-likeness (QED) is 0.697. The Labute approximate surface area is 163 Å². The topological polar surface area (TPSA) is 58.4 Å². The molecule has 1 fully saturated rings. The molecule has 1 aromatic carbocycles. The van der Waals surface area contributed by atoms with Crippen molar-refractivity contribution in [3.05, 3.63) is 71.1 Å². The third kappa shape index (κ3) is 4.42. The predicted octanol–water partition coefficient (Wildman–Crippen LogP) is 4.51. The Morgan fingerprint density at radius 3 is 2.63 bits per heavy atom. The fraction of sp³-hybridized carbons (Fsp3) is 0.333. The number of carbonyl (C=O) groups is 1. The van der Waals surface area contributed by atoms with Crippen molar-refractivity contribution in [3.8, 4) is 0 Å². The van der Waals surface area contributed by atoms with E-state index in [0.29, 0.717) is 17.5 Å². The monoisotopic (exact) mass is 382 g/mol. The van der Waals surface area contributed by atoms with Crippen molar-refractivity contribution < 1.29 is 4.79 Å². The number of halogens is 1. The Morgan fingerprint density at radius 1 is 1.07 bits per heavy atom. The lowest BCUT2D eigenvalue weighted by Gasteiger charge is -2.29. The summed E-state index contributed by atoms with van der Waals surface area (Å²) in [5.74, 6) is 0.608. The number of fused-ring (bicyclic) bond motifs is 1. The lowest BCUT2D eigenvalue weighted by atomic mass is 9.82. The fourth-order valence-corrected chi connectivity index (χ4v) is 3.97. The van der Waals surface area contributed by atoms with Gasteiger partial charge in [0.2, 0.25) is 0 Å². The van der Waals surface area contributed by atoms with Gasteiger partial charge >= 0.3 is 6.03 Å². The highest BCUT2D eigenvalue weighted by Gasteiger charge is 2.23. The molecule has 0 bridgehead atoms. The number of hydrogen-bond acceptors (Lipinski definition) is 2. The number of carbonyl (C=O) groups excluding carboxylic acids is 1. The first kappa shape index (κ1) is 17.9. The molecule has 0 spiro atoms. The summed E-state index contributed by atoms with van der Waals surface area (Å²) >= 11 is 5.98. The summed E-state index contributed by atoms with van der Waals surface area (Å²) in [5.41, 5.74) is 3.03. The molecular formula is C21H23ClN4O. The number of urea groups is 1. The molecule has 140 valence electrons. The van der Waals surface area contributed by atoms with Crippen LogP contribution in [0.5, 0.6) is 0 Å². The molecule has 3 aromatic rings. The van der Waals surface area contributed by atoms with Gasteiger partial charge in [0.15, 0.2) is 0 Å². The molecule has 1 aliphatic carbocycles. The van der Waals surface area contributed by atoms with E-state index in [1.807, 2.05) is 16.7 Å². The molecule has 0 saturated heterocycles. The van der Waals surface area contributed by atoms with E-state index in [1.54, 1.807) is 12.3 Å². The van der Waals surface area contributed by atoms with Crippen molar-refractivity contribution >= 4 is 23.3 Å². The zero-order valence-electron chi connectivity index (χ0n) is 15.1. The highest BCUT2D eigenvalue weighted by molar-refractivity contribution is 6.30. The van der Waals surface area contributed by atoms with Crippen LogP contribution >= 0.6 is 11.6 Å². The molecule has 0 unspecified atom stereocenters. The third-order valence-electron chi connectivity index (χ3n) is 5.23. The summed E-state index contributed by atoms with van der Waals surface area (Å²) in [4.78, 5) is 16.7. The van der Waals surface area contributed by atoms with Crippen molar-refractivity contribution in [2.24, 2.45) is 0 Å². The maximum absolute atomic E-state index is 12.2. The number of rotatable bonds is 4. The van der Waals surface area contributed by atoms with Crippen LogP contribution in [0.15, 0.2) is 54.9 Å². The summed E-state index contributed by atoms with van der Waals surface area (Å²) in [6.45, 7) is 0.393. The van der Waals surface area contributed by atoms with Crippen molar-refractivity contribution in [3.63, 3.8) is 0 Å². The molecule has 2 aromatic heterocycles. The van der Waals surface area contributed by atoms with E-state index >= 15 is 0 Å². The highest BCUT2D eigenvalue weighted by Crippen LogP contribution is 2.32. The first-order valence-corrected chi connectivity index (χ1v) is 9.77. The largest absolute Gasteiger partial charge is 0.335 e. The Hall–Kier alpha value is -2.53. The van der Waals surface area contributed by atoms with Crippen LogP contribution in [0.4, 0.5) is 4.79 Å². The lowest BCUT2D eigenvalue weighted by Crippen LogP contribution is -2.43. The van der Waals surface area contributed by atoms with Crippen molar-refractivity contribution in [1.82, 2.24) is 20.0 Å². The summed E-state index contributed by atoms with van der Waals surface area (Å²) in [5, 5.41) is 6.66. The molecule has 2 N–H and O–H groups in total. The van der Waals surface area contributed by atoms with Crippen LogP contribution in [0.2, 0.25) is 5.02 Å². The van der Waals surface area contributed by atoms with Crippen LogP contribution in [-0.4, -0.2) is 21.5 Å². The summed E-state index contributed by atoms with van der Waals surface area (Å²) < 4.78 is 1.86. The number of pyridine rings is 1. The number of amides is 2. The molecule has 27 heavy (non-hydrogen) atoms. The van der Waals surface area contributed by atoms with Gasteiger partial charge in [-0.1, -0.05) is 41.9 Å². The van der Waals surface area contributed by atoms with Crippen molar-refractivity contribution in [2.75, 3.05) is 0 Å². The second-order valence-corrected chi connectivity index (χ2v) is 7.57. The number of benzene rings is 1. The Balaban J connectivity index is 1.25. The molecule has 1 aliphatic rings. The van der Waals surface area contributed by atoms with E-state index in [4.69, 9.17) is 11.6 Å². The number of nitrogens with one attached hydrogen (secondary N) is 2. The second-order valence-electron chi connectivity index (χ2n) is 7.13. The van der Waals surface area contributed by atoms with Gasteiger partial charge in [0, 0.05) is 18.4 Å². The summed E-state index contributed by atoms with van der Waals surface area (Å²) in [7, 11) is 0. The zero-order valence-corrected chi connectivity index (χ0v) is 15.8. The van der Waals surface area contributed by atoms with Gasteiger partial charge in [0.05, 0.1) is 17.3 Å². The van der Waals surface area contributed by atoms with E-state index in [-0.39, 0.29) is 12.1 Å². The molecule has 6 heteroatoms.